The maximum absolute atomic E-state index is 13.2. The number of nitro groups is 1. The second-order valence-electron chi connectivity index (χ2n) is 11.9. The van der Waals surface area contributed by atoms with Crippen molar-refractivity contribution in [1.82, 2.24) is 30.3 Å². The zero-order valence-corrected chi connectivity index (χ0v) is 26.5. The molecule has 1 saturated heterocycles. The number of benzene rings is 3. The summed E-state index contributed by atoms with van der Waals surface area (Å²) in [6.07, 6.45) is 1.75. The Labute approximate surface area is 283 Å². The van der Waals surface area contributed by atoms with Crippen LogP contribution in [0.5, 0.6) is 0 Å². The number of aromatic nitrogens is 3. The summed E-state index contributed by atoms with van der Waals surface area (Å²) in [4.78, 5) is 79.6. The summed E-state index contributed by atoms with van der Waals surface area (Å²) < 4.78 is 1.70. The van der Waals surface area contributed by atoms with Crippen LogP contribution in [0.2, 0.25) is 0 Å². The average Bonchev–Trinajstić information content (AvgIpc) is 3.66. The summed E-state index contributed by atoms with van der Waals surface area (Å²) >= 11 is 0. The first-order valence-corrected chi connectivity index (χ1v) is 15.6. The molecule has 5 amide bonds. The molecule has 2 N–H and O–H groups in total. The van der Waals surface area contributed by atoms with Crippen molar-refractivity contribution in [2.24, 2.45) is 7.05 Å². The molecule has 2 aliphatic heterocycles. The molecule has 248 valence electrons. The van der Waals surface area contributed by atoms with Gasteiger partial charge in [-0.1, -0.05) is 18.2 Å². The number of hydrogen-bond donors (Lipinski definition) is 2. The number of amides is 5. The number of imide groups is 2. The first-order valence-electron chi connectivity index (χ1n) is 15.6. The van der Waals surface area contributed by atoms with Crippen molar-refractivity contribution >= 4 is 35.2 Å². The van der Waals surface area contributed by atoms with E-state index in [4.69, 9.17) is 4.98 Å². The van der Waals surface area contributed by atoms with Crippen LogP contribution in [0.25, 0.3) is 33.8 Å². The van der Waals surface area contributed by atoms with Crippen LogP contribution in [-0.2, 0) is 23.2 Å². The van der Waals surface area contributed by atoms with Gasteiger partial charge in [0.15, 0.2) is 0 Å². The minimum atomic E-state index is -1.06. The average molecular weight is 670 g/mol. The quantitative estimate of drug-likeness (QED) is 0.140. The Morgan fingerprint density at radius 2 is 1.58 bits per heavy atom. The molecule has 4 heterocycles. The van der Waals surface area contributed by atoms with Gasteiger partial charge in [0, 0.05) is 49.5 Å². The van der Waals surface area contributed by atoms with Gasteiger partial charge in [-0.3, -0.25) is 49.0 Å². The highest BCUT2D eigenvalue weighted by Gasteiger charge is 2.44. The van der Waals surface area contributed by atoms with Crippen LogP contribution in [0.4, 0.5) is 5.69 Å². The fraction of sp³-hybridized carbons (Fsp3) is 0.139. The lowest BCUT2D eigenvalue weighted by Gasteiger charge is -2.27. The lowest BCUT2D eigenvalue weighted by Crippen LogP contribution is -2.54. The second kappa shape index (κ2) is 12.6. The van der Waals surface area contributed by atoms with Crippen LogP contribution in [0.15, 0.2) is 91.1 Å². The number of piperidine rings is 1. The number of nitrogens with one attached hydrogen (secondary N) is 2. The fourth-order valence-electron chi connectivity index (χ4n) is 6.08. The number of hydrogen-bond acceptors (Lipinski definition) is 9. The molecular formula is C36H27N7O7. The molecule has 0 bridgehead atoms. The molecule has 7 rings (SSSR count). The predicted molar refractivity (Wildman–Crippen MR) is 178 cm³/mol. The van der Waals surface area contributed by atoms with Crippen LogP contribution < -0.4 is 10.6 Å². The summed E-state index contributed by atoms with van der Waals surface area (Å²) in [5.41, 5.74) is 5.56. The zero-order valence-electron chi connectivity index (χ0n) is 26.5. The van der Waals surface area contributed by atoms with Gasteiger partial charge in [-0.05, 0) is 77.7 Å². The molecule has 50 heavy (non-hydrogen) atoms. The minimum absolute atomic E-state index is 0.0261. The number of carbonyl (C=O) groups excluding carboxylic acids is 5. The van der Waals surface area contributed by atoms with Crippen LogP contribution in [0, 0.1) is 10.1 Å². The van der Waals surface area contributed by atoms with Crippen molar-refractivity contribution in [2.75, 3.05) is 0 Å². The first kappa shape index (κ1) is 31.8. The van der Waals surface area contributed by atoms with Gasteiger partial charge in [0.05, 0.1) is 33.1 Å². The highest BCUT2D eigenvalue weighted by atomic mass is 16.6. The van der Waals surface area contributed by atoms with Crippen molar-refractivity contribution in [3.05, 3.63) is 123 Å². The molecule has 2 aromatic heterocycles. The first-order chi connectivity index (χ1) is 24.1. The van der Waals surface area contributed by atoms with E-state index in [1.807, 2.05) is 18.2 Å². The Hall–Kier alpha value is -6.83. The number of carbonyl (C=O) groups is 5. The molecule has 14 nitrogen and oxygen atoms in total. The van der Waals surface area contributed by atoms with Crippen molar-refractivity contribution in [2.45, 2.75) is 25.4 Å². The minimum Gasteiger partial charge on any atom is -0.348 e. The van der Waals surface area contributed by atoms with E-state index >= 15 is 0 Å². The molecule has 0 aliphatic carbocycles. The Morgan fingerprint density at radius 3 is 2.26 bits per heavy atom. The van der Waals surface area contributed by atoms with E-state index in [0.29, 0.717) is 28.1 Å². The van der Waals surface area contributed by atoms with E-state index in [0.717, 1.165) is 21.7 Å². The molecule has 1 atom stereocenters. The molecule has 3 aromatic carbocycles. The smallest absolute Gasteiger partial charge is 0.269 e. The van der Waals surface area contributed by atoms with E-state index in [1.54, 1.807) is 60.4 Å². The topological polar surface area (TPSA) is 186 Å². The monoisotopic (exact) mass is 669 g/mol. The number of aryl methyl sites for hydroxylation is 1. The largest absolute Gasteiger partial charge is 0.348 e. The SMILES string of the molecule is Cn1nccc1-c1cc(-c2ccc(C(=O)NCc3ccc4c(c3)C(=O)N(C3CCC(=O)NC3=O)C4=O)cc2)cc(-c2ccc([N+](=O)[O-])cc2)n1. The summed E-state index contributed by atoms with van der Waals surface area (Å²) in [6.45, 7) is 0.0742. The molecule has 14 heteroatoms. The van der Waals surface area contributed by atoms with Crippen molar-refractivity contribution in [3.63, 3.8) is 0 Å². The third-order valence-electron chi connectivity index (χ3n) is 8.72. The highest BCUT2D eigenvalue weighted by molar-refractivity contribution is 6.23. The molecule has 5 aromatic rings. The van der Waals surface area contributed by atoms with Crippen molar-refractivity contribution < 1.29 is 28.9 Å². The van der Waals surface area contributed by atoms with Crippen LogP contribution in [-0.4, -0.2) is 60.2 Å². The number of nitro benzene ring substituents is 1. The van der Waals surface area contributed by atoms with Gasteiger partial charge in [0.2, 0.25) is 11.8 Å². The van der Waals surface area contributed by atoms with Gasteiger partial charge in [0.25, 0.3) is 23.4 Å². The molecule has 0 saturated carbocycles. The van der Waals surface area contributed by atoms with Gasteiger partial charge in [-0.25, -0.2) is 4.98 Å². The summed E-state index contributed by atoms with van der Waals surface area (Å²) in [5.74, 6) is -2.71. The molecular weight excluding hydrogens is 642 g/mol. The number of fused-ring (bicyclic) bond motifs is 1. The summed E-state index contributed by atoms with van der Waals surface area (Å²) in [7, 11) is 1.80. The van der Waals surface area contributed by atoms with Gasteiger partial charge >= 0.3 is 0 Å². The Morgan fingerprint density at radius 1 is 0.880 bits per heavy atom. The fourth-order valence-corrected chi connectivity index (χ4v) is 6.08. The number of pyridine rings is 1. The van der Waals surface area contributed by atoms with E-state index in [1.165, 1.54) is 24.3 Å². The van der Waals surface area contributed by atoms with Crippen molar-refractivity contribution in [3.8, 4) is 33.8 Å². The van der Waals surface area contributed by atoms with E-state index in [2.05, 4.69) is 15.7 Å². The predicted octanol–water partition coefficient (Wildman–Crippen LogP) is 4.06. The molecule has 1 unspecified atom stereocenters. The maximum Gasteiger partial charge on any atom is 0.269 e. The zero-order chi connectivity index (χ0) is 35.1. The van der Waals surface area contributed by atoms with Gasteiger partial charge < -0.3 is 5.32 Å². The lowest BCUT2D eigenvalue weighted by molar-refractivity contribution is -0.384. The normalized spacial score (nSPS) is 15.5. The number of non-ortho nitro benzene ring substituents is 1. The molecule has 2 aliphatic rings. The summed E-state index contributed by atoms with van der Waals surface area (Å²) in [6, 6.07) is 22.3. The van der Waals surface area contributed by atoms with Gasteiger partial charge in [-0.15, -0.1) is 0 Å². The Bertz CT molecular complexity index is 2240. The van der Waals surface area contributed by atoms with Crippen LogP contribution >= 0.6 is 0 Å². The second-order valence-corrected chi connectivity index (χ2v) is 11.9. The third-order valence-corrected chi connectivity index (χ3v) is 8.72. The van der Waals surface area contributed by atoms with Crippen LogP contribution in [0.3, 0.4) is 0 Å². The number of rotatable bonds is 8. The van der Waals surface area contributed by atoms with Crippen LogP contribution in [0.1, 0.15) is 49.5 Å². The summed E-state index contributed by atoms with van der Waals surface area (Å²) in [5, 5.41) is 20.4. The van der Waals surface area contributed by atoms with E-state index < -0.39 is 34.6 Å². The highest BCUT2D eigenvalue weighted by Crippen LogP contribution is 2.32. The van der Waals surface area contributed by atoms with Gasteiger partial charge in [0.1, 0.15) is 6.04 Å². The Kier molecular flexibility index (Phi) is 8.03. The molecule has 0 radical (unpaired) electrons. The molecule has 1 fully saturated rings. The van der Waals surface area contributed by atoms with E-state index in [-0.39, 0.29) is 42.1 Å². The lowest BCUT2D eigenvalue weighted by atomic mass is 10.00. The number of nitrogens with zero attached hydrogens (tertiary/aromatic N) is 5. The standard InChI is InChI=1S/C36H27N7O7/c1-41-30(14-15-38-41)29-18-24(17-28(39-29)22-7-9-25(10-8-22)43(49)50)21-3-5-23(6-4-21)33(45)37-19-20-2-11-26-27(16-20)36(48)42(35(26)47)31-12-13-32(44)40-34(31)46/h2-11,14-18,31H,12-13,19H2,1H3,(H,37,45)(H,40,44,46). The third kappa shape index (κ3) is 5.89. The maximum atomic E-state index is 13.2. The Balaban J connectivity index is 1.08. The molecule has 0 spiro atoms. The van der Waals surface area contributed by atoms with Gasteiger partial charge in [-0.2, -0.15) is 5.10 Å². The van der Waals surface area contributed by atoms with Crippen molar-refractivity contribution in [1.29, 1.82) is 0 Å². The van der Waals surface area contributed by atoms with E-state index in [9.17, 15) is 34.1 Å².